The topological polar surface area (TPSA) is 99.1 Å². The number of nitrogens with zero attached hydrogens (tertiary/aromatic N) is 1. The Balaban J connectivity index is 4.61. The molecule has 1 N–H and O–H groups in total. The number of quaternary nitrogens is 1. The molecule has 8 nitrogen and oxygen atoms in total. The first-order valence-corrected chi connectivity index (χ1v) is 22.9. The minimum atomic E-state index is -0.903. The fraction of sp³-hybridized carbons (Fsp3) is 0.500. The van der Waals surface area contributed by atoms with Crippen LogP contribution in [0.5, 0.6) is 0 Å². The number of carboxylic acids is 1. The zero-order valence-corrected chi connectivity index (χ0v) is 39.0. The summed E-state index contributed by atoms with van der Waals surface area (Å²) in [7, 11) is 5.46. The van der Waals surface area contributed by atoms with Crippen molar-refractivity contribution in [2.75, 3.05) is 41.0 Å². The molecule has 344 valence electrons. The van der Waals surface area contributed by atoms with Gasteiger partial charge in [0.1, 0.15) is 6.61 Å². The van der Waals surface area contributed by atoms with E-state index >= 15 is 0 Å². The van der Waals surface area contributed by atoms with Crippen molar-refractivity contribution in [2.45, 2.75) is 135 Å². The van der Waals surface area contributed by atoms with Gasteiger partial charge in [-0.05, 0) is 89.9 Å². The summed E-state index contributed by atoms with van der Waals surface area (Å²) >= 11 is 0. The Bertz CT molecular complexity index is 1510. The number of carboxylic acid groups (broad SMARTS) is 1. The van der Waals surface area contributed by atoms with Gasteiger partial charge in [0, 0.05) is 19.3 Å². The lowest BCUT2D eigenvalue weighted by molar-refractivity contribution is -0.887. The van der Waals surface area contributed by atoms with Crippen molar-refractivity contribution in [3.8, 4) is 0 Å². The van der Waals surface area contributed by atoms with E-state index in [2.05, 4.69) is 135 Å². The van der Waals surface area contributed by atoms with E-state index in [1.807, 2.05) is 45.4 Å². The molecular formula is C54H82NO7+. The second-order valence-corrected chi connectivity index (χ2v) is 15.5. The van der Waals surface area contributed by atoms with Crippen LogP contribution in [0.3, 0.4) is 0 Å². The SMILES string of the molecule is CC/C=C\C/C=C\C/C=C\C/C=C\C/C=C\C/C=C\CCC(=O)OCC(COCCC(C(=O)O)[N+](C)(C)C)OC(=O)CC/C=C\C/C=C\C/C=C\C/C=C\C/C=C\C/C=C\CC. The van der Waals surface area contributed by atoms with Crippen LogP contribution in [-0.4, -0.2) is 80.6 Å². The second-order valence-electron chi connectivity index (χ2n) is 15.5. The van der Waals surface area contributed by atoms with Crippen molar-refractivity contribution < 1.29 is 38.2 Å². The molecule has 0 aliphatic rings. The van der Waals surface area contributed by atoms with Crippen LogP contribution in [0.25, 0.3) is 0 Å². The van der Waals surface area contributed by atoms with Crippen LogP contribution in [0.1, 0.15) is 123 Å². The largest absolute Gasteiger partial charge is 0.477 e. The zero-order valence-electron chi connectivity index (χ0n) is 39.0. The van der Waals surface area contributed by atoms with Gasteiger partial charge >= 0.3 is 17.9 Å². The number of hydrogen-bond donors (Lipinski definition) is 1. The summed E-state index contributed by atoms with van der Waals surface area (Å²) in [4.78, 5) is 37.0. The maximum absolute atomic E-state index is 12.7. The Morgan fingerprint density at radius 3 is 1.11 bits per heavy atom. The molecule has 0 aromatic heterocycles. The predicted octanol–water partition coefficient (Wildman–Crippen LogP) is 13.0. The van der Waals surface area contributed by atoms with Crippen molar-refractivity contribution in [3.05, 3.63) is 146 Å². The van der Waals surface area contributed by atoms with Crippen LogP contribution in [0, 0.1) is 0 Å². The van der Waals surface area contributed by atoms with E-state index in [-0.39, 0.29) is 49.5 Å². The normalized spacial score (nSPS) is 14.3. The zero-order chi connectivity index (χ0) is 45.6. The Hall–Kier alpha value is -4.79. The second kappa shape index (κ2) is 42.9. The van der Waals surface area contributed by atoms with Gasteiger partial charge in [0.05, 0.1) is 34.4 Å². The third-order valence-corrected chi connectivity index (χ3v) is 9.01. The Kier molecular flexibility index (Phi) is 39.6. The molecule has 0 saturated carbocycles. The van der Waals surface area contributed by atoms with Gasteiger partial charge in [-0.3, -0.25) is 9.59 Å². The number of rotatable bonds is 38. The lowest BCUT2D eigenvalue weighted by atomic mass is 10.1. The fourth-order valence-electron chi connectivity index (χ4n) is 5.55. The average molecular weight is 857 g/mol. The number of esters is 2. The Morgan fingerprint density at radius 1 is 0.468 bits per heavy atom. The molecule has 0 amide bonds. The molecule has 0 spiro atoms. The summed E-state index contributed by atoms with van der Waals surface area (Å²) in [5.41, 5.74) is 0. The maximum atomic E-state index is 12.7. The van der Waals surface area contributed by atoms with Crippen molar-refractivity contribution in [3.63, 3.8) is 0 Å². The monoisotopic (exact) mass is 857 g/mol. The summed E-state index contributed by atoms with van der Waals surface area (Å²) in [5.74, 6) is -1.71. The molecule has 0 aliphatic heterocycles. The number of allylic oxidation sites excluding steroid dienone is 24. The summed E-state index contributed by atoms with van der Waals surface area (Å²) in [6.07, 6.45) is 63.5. The molecule has 8 heteroatoms. The number of likely N-dealkylation sites (N-methyl/N-ethyl adjacent to an activating group) is 1. The van der Waals surface area contributed by atoms with Gasteiger partial charge in [0.25, 0.3) is 0 Å². The van der Waals surface area contributed by atoms with Gasteiger partial charge < -0.3 is 23.8 Å². The highest BCUT2D eigenvalue weighted by molar-refractivity contribution is 5.72. The van der Waals surface area contributed by atoms with Gasteiger partial charge in [0.15, 0.2) is 12.1 Å². The molecule has 0 radical (unpaired) electrons. The minimum absolute atomic E-state index is 0.00440. The van der Waals surface area contributed by atoms with Crippen LogP contribution in [0.4, 0.5) is 0 Å². The van der Waals surface area contributed by atoms with Crippen molar-refractivity contribution in [2.24, 2.45) is 0 Å². The molecule has 0 aromatic rings. The first-order chi connectivity index (χ1) is 30.1. The smallest absolute Gasteiger partial charge is 0.362 e. The molecule has 0 rings (SSSR count). The van der Waals surface area contributed by atoms with Crippen LogP contribution in [0.2, 0.25) is 0 Å². The van der Waals surface area contributed by atoms with Crippen LogP contribution >= 0.6 is 0 Å². The molecule has 0 fully saturated rings. The van der Waals surface area contributed by atoms with E-state index in [0.29, 0.717) is 12.8 Å². The molecule has 2 unspecified atom stereocenters. The molecule has 0 heterocycles. The minimum Gasteiger partial charge on any atom is -0.477 e. The number of carbonyl (C=O) groups excluding carboxylic acids is 2. The molecule has 62 heavy (non-hydrogen) atoms. The standard InChI is InChI=1S/C54H81NO7/c1-6-8-10-12-14-16-18-20-22-24-26-28-30-32-34-36-38-40-42-44-52(56)61-49-50(48-60-47-46-51(54(58)59)55(3,4)5)62-53(57)45-43-41-39-37-35-33-31-29-27-25-23-21-19-17-15-13-11-9-7-2/h8-11,14-17,20-23,26-29,32-35,38-41,50-51H,6-7,12-13,18-19,24-25,30-31,36-37,42-49H2,1-5H3/p+1/b10-8-,11-9-,16-14-,17-15-,22-20-,23-21-,28-26-,29-27-,34-32-,35-33-,40-38-,41-39-. The van der Waals surface area contributed by atoms with Gasteiger partial charge in [-0.15, -0.1) is 0 Å². The fourth-order valence-corrected chi connectivity index (χ4v) is 5.55. The van der Waals surface area contributed by atoms with E-state index in [1.165, 1.54) is 0 Å². The first kappa shape index (κ1) is 57.2. The number of hydrogen-bond acceptors (Lipinski definition) is 6. The molecule has 0 saturated heterocycles. The van der Waals surface area contributed by atoms with E-state index < -0.39 is 24.1 Å². The highest BCUT2D eigenvalue weighted by atomic mass is 16.6. The summed E-state index contributed by atoms with van der Waals surface area (Å²) in [6, 6.07) is -0.649. The van der Waals surface area contributed by atoms with Gasteiger partial charge in [-0.1, -0.05) is 160 Å². The van der Waals surface area contributed by atoms with E-state index in [0.717, 1.165) is 77.0 Å². The average Bonchev–Trinajstić information content (AvgIpc) is 3.23. The lowest BCUT2D eigenvalue weighted by Gasteiger charge is -2.31. The summed E-state index contributed by atoms with van der Waals surface area (Å²) in [6.45, 7) is 4.31. The predicted molar refractivity (Wildman–Crippen MR) is 261 cm³/mol. The molecule has 0 aliphatic carbocycles. The van der Waals surface area contributed by atoms with Crippen molar-refractivity contribution >= 4 is 17.9 Å². The summed E-state index contributed by atoms with van der Waals surface area (Å²) < 4.78 is 17.1. The number of aliphatic carboxylic acids is 1. The molecule has 0 bridgehead atoms. The van der Waals surface area contributed by atoms with Gasteiger partial charge in [0.2, 0.25) is 0 Å². The quantitative estimate of drug-likeness (QED) is 0.0286. The Morgan fingerprint density at radius 2 is 0.790 bits per heavy atom. The molecular weight excluding hydrogens is 775 g/mol. The van der Waals surface area contributed by atoms with E-state index in [4.69, 9.17) is 14.2 Å². The van der Waals surface area contributed by atoms with Gasteiger partial charge in [-0.2, -0.15) is 0 Å². The molecule has 0 aromatic carbocycles. The third kappa shape index (κ3) is 40.6. The highest BCUT2D eigenvalue weighted by Crippen LogP contribution is 2.10. The Labute approximate surface area is 376 Å². The lowest BCUT2D eigenvalue weighted by Crippen LogP contribution is -2.50. The third-order valence-electron chi connectivity index (χ3n) is 9.01. The van der Waals surface area contributed by atoms with E-state index in [1.54, 1.807) is 0 Å². The molecule has 2 atom stereocenters. The van der Waals surface area contributed by atoms with Crippen molar-refractivity contribution in [1.82, 2.24) is 0 Å². The first-order valence-electron chi connectivity index (χ1n) is 22.9. The van der Waals surface area contributed by atoms with E-state index in [9.17, 15) is 19.5 Å². The van der Waals surface area contributed by atoms with Gasteiger partial charge in [-0.25, -0.2) is 4.79 Å². The van der Waals surface area contributed by atoms with Crippen LogP contribution in [0.15, 0.2) is 146 Å². The summed E-state index contributed by atoms with van der Waals surface area (Å²) in [5, 5.41) is 9.63. The maximum Gasteiger partial charge on any atom is 0.362 e. The van der Waals surface area contributed by atoms with Crippen LogP contribution < -0.4 is 0 Å². The number of ether oxygens (including phenoxy) is 3. The number of carbonyl (C=O) groups is 3. The van der Waals surface area contributed by atoms with Crippen LogP contribution in [-0.2, 0) is 28.6 Å². The van der Waals surface area contributed by atoms with Crippen molar-refractivity contribution in [1.29, 1.82) is 0 Å². The highest BCUT2D eigenvalue weighted by Gasteiger charge is 2.31.